The van der Waals surface area contributed by atoms with Gasteiger partial charge in [0.2, 0.25) is 0 Å². The van der Waals surface area contributed by atoms with Crippen molar-refractivity contribution in [2.45, 2.75) is 90.1 Å². The lowest BCUT2D eigenvalue weighted by atomic mass is 9.43. The molecular formula is C27H33Cl2N3O. The second-order valence-electron chi connectivity index (χ2n) is 12.3. The molecule has 1 N–H and O–H groups in total. The Morgan fingerprint density at radius 2 is 1.79 bits per heavy atom. The number of halogens is 2. The van der Waals surface area contributed by atoms with Crippen LogP contribution in [0.25, 0.3) is 0 Å². The largest absolute Gasteiger partial charge is 0.345 e. The van der Waals surface area contributed by atoms with E-state index < -0.39 is 0 Å². The molecule has 0 saturated heterocycles. The summed E-state index contributed by atoms with van der Waals surface area (Å²) in [5, 5.41) is 9.59. The van der Waals surface area contributed by atoms with Gasteiger partial charge in [0, 0.05) is 16.8 Å². The van der Waals surface area contributed by atoms with Gasteiger partial charge >= 0.3 is 0 Å². The topological polar surface area (TPSA) is 46.9 Å². The van der Waals surface area contributed by atoms with Gasteiger partial charge in [0.1, 0.15) is 0 Å². The van der Waals surface area contributed by atoms with Crippen LogP contribution in [0, 0.1) is 16.7 Å². The molecular weight excluding hydrogens is 453 g/mol. The summed E-state index contributed by atoms with van der Waals surface area (Å²) < 4.78 is 2.03. The van der Waals surface area contributed by atoms with Crippen molar-refractivity contribution < 1.29 is 4.79 Å². The number of rotatable bonds is 4. The Balaban J connectivity index is 1.30. The number of hydrogen-bond acceptors (Lipinski definition) is 2. The number of amides is 1. The van der Waals surface area contributed by atoms with Gasteiger partial charge in [-0.05, 0) is 98.7 Å². The van der Waals surface area contributed by atoms with E-state index in [0.29, 0.717) is 33.1 Å². The molecule has 2 aromatic rings. The third-order valence-corrected chi connectivity index (χ3v) is 9.53. The van der Waals surface area contributed by atoms with E-state index in [9.17, 15) is 4.79 Å². The lowest BCUT2D eigenvalue weighted by Gasteiger charge is -2.65. The number of carbonyl (C=O) groups is 1. The Labute approximate surface area is 206 Å². The lowest BCUT2D eigenvalue weighted by Crippen LogP contribution is -2.65. The van der Waals surface area contributed by atoms with Crippen LogP contribution >= 0.6 is 23.2 Å². The molecule has 7 rings (SSSR count). The number of nitrogens with zero attached hydrogens (tertiary/aromatic N) is 2. The second kappa shape index (κ2) is 7.49. The first-order valence-corrected chi connectivity index (χ1v) is 13.3. The Kier molecular flexibility index (Phi) is 4.99. The van der Waals surface area contributed by atoms with Gasteiger partial charge in [-0.2, -0.15) is 5.10 Å². The Hall–Kier alpha value is -1.52. The summed E-state index contributed by atoms with van der Waals surface area (Å²) in [6.07, 6.45) is 11.5. The summed E-state index contributed by atoms with van der Waals surface area (Å²) in [6.45, 7) is 5.50. The molecule has 4 bridgehead atoms. The van der Waals surface area contributed by atoms with Crippen molar-refractivity contribution in [3.63, 3.8) is 0 Å². The minimum Gasteiger partial charge on any atom is -0.345 e. The van der Waals surface area contributed by atoms with E-state index in [1.807, 2.05) is 22.9 Å². The molecule has 33 heavy (non-hydrogen) atoms. The zero-order valence-electron chi connectivity index (χ0n) is 19.6. The van der Waals surface area contributed by atoms with Gasteiger partial charge in [-0.3, -0.25) is 9.48 Å². The maximum atomic E-state index is 13.7. The van der Waals surface area contributed by atoms with Crippen molar-refractivity contribution in [3.05, 3.63) is 50.8 Å². The zero-order valence-corrected chi connectivity index (χ0v) is 21.2. The van der Waals surface area contributed by atoms with Crippen LogP contribution in [0.3, 0.4) is 0 Å². The lowest BCUT2D eigenvalue weighted by molar-refractivity contribution is -0.114. The third kappa shape index (κ3) is 3.82. The first-order chi connectivity index (χ1) is 15.6. The SMILES string of the molecule is CC12CC3CC(C)(C1)CC(NC(=O)c1nn(Cc4ccc(Cl)c(Cl)c4)c4c1CCCC4)(C3)C2. The molecule has 1 aromatic carbocycles. The van der Waals surface area contributed by atoms with Gasteiger partial charge in [0.15, 0.2) is 5.69 Å². The fourth-order valence-corrected chi connectivity index (χ4v) is 9.00. The van der Waals surface area contributed by atoms with Gasteiger partial charge in [-0.15, -0.1) is 0 Å². The predicted octanol–water partition coefficient (Wildman–Crippen LogP) is 6.60. The van der Waals surface area contributed by atoms with Crippen molar-refractivity contribution in [2.75, 3.05) is 0 Å². The number of carbonyl (C=O) groups excluding carboxylic acids is 1. The molecule has 0 aliphatic heterocycles. The normalized spacial score (nSPS) is 34.4. The molecule has 1 heterocycles. The van der Waals surface area contributed by atoms with E-state index in [-0.39, 0.29) is 11.4 Å². The van der Waals surface area contributed by atoms with E-state index in [0.717, 1.165) is 62.0 Å². The van der Waals surface area contributed by atoms with Gasteiger partial charge in [0.25, 0.3) is 5.91 Å². The van der Waals surface area contributed by atoms with Crippen LogP contribution in [0.15, 0.2) is 18.2 Å². The number of nitrogens with one attached hydrogen (secondary N) is 1. The highest BCUT2D eigenvalue weighted by atomic mass is 35.5. The highest BCUT2D eigenvalue weighted by Gasteiger charge is 2.60. The number of benzene rings is 1. The zero-order chi connectivity index (χ0) is 23.0. The quantitative estimate of drug-likeness (QED) is 0.530. The molecule has 176 valence electrons. The summed E-state index contributed by atoms with van der Waals surface area (Å²) in [5.74, 6) is 0.785. The van der Waals surface area contributed by atoms with Crippen LogP contribution in [0.4, 0.5) is 0 Å². The molecule has 4 nitrogen and oxygen atoms in total. The predicted molar refractivity (Wildman–Crippen MR) is 132 cm³/mol. The van der Waals surface area contributed by atoms with E-state index in [1.54, 1.807) is 0 Å². The Bertz CT molecular complexity index is 1120. The van der Waals surface area contributed by atoms with Crippen LogP contribution in [-0.2, 0) is 19.4 Å². The monoisotopic (exact) mass is 485 g/mol. The van der Waals surface area contributed by atoms with Gasteiger partial charge < -0.3 is 5.32 Å². The second-order valence-corrected chi connectivity index (χ2v) is 13.1. The Morgan fingerprint density at radius 1 is 1.06 bits per heavy atom. The molecule has 5 aliphatic carbocycles. The fraction of sp³-hybridized carbons (Fsp3) is 0.630. The molecule has 1 amide bonds. The minimum atomic E-state index is -0.0605. The molecule has 0 radical (unpaired) electrons. The van der Waals surface area contributed by atoms with E-state index >= 15 is 0 Å². The molecule has 6 heteroatoms. The summed E-state index contributed by atoms with van der Waals surface area (Å²) in [7, 11) is 0. The number of fused-ring (bicyclic) bond motifs is 1. The van der Waals surface area contributed by atoms with Gasteiger partial charge in [0.05, 0.1) is 16.6 Å². The molecule has 2 atom stereocenters. The van der Waals surface area contributed by atoms with Crippen molar-refractivity contribution >= 4 is 29.1 Å². The molecule has 0 spiro atoms. The van der Waals surface area contributed by atoms with Gasteiger partial charge in [-0.1, -0.05) is 43.1 Å². The molecule has 4 fully saturated rings. The first-order valence-electron chi connectivity index (χ1n) is 12.5. The van der Waals surface area contributed by atoms with E-state index in [2.05, 4.69) is 19.2 Å². The third-order valence-electron chi connectivity index (χ3n) is 8.79. The van der Waals surface area contributed by atoms with Crippen LogP contribution in [0.2, 0.25) is 10.0 Å². The molecule has 4 saturated carbocycles. The van der Waals surface area contributed by atoms with Crippen molar-refractivity contribution in [3.8, 4) is 0 Å². The van der Waals surface area contributed by atoms with Crippen molar-refractivity contribution in [2.24, 2.45) is 16.7 Å². The minimum absolute atomic E-state index is 0.0372. The fourth-order valence-electron chi connectivity index (χ4n) is 8.68. The first kappa shape index (κ1) is 22.0. The molecule has 1 aromatic heterocycles. The number of hydrogen-bond donors (Lipinski definition) is 1. The summed E-state index contributed by atoms with van der Waals surface area (Å²) in [5.41, 5.74) is 4.74. The number of aromatic nitrogens is 2. The van der Waals surface area contributed by atoms with Gasteiger partial charge in [-0.25, -0.2) is 0 Å². The maximum absolute atomic E-state index is 13.7. The highest BCUT2D eigenvalue weighted by Crippen LogP contribution is 2.66. The molecule has 5 aliphatic rings. The van der Waals surface area contributed by atoms with Crippen LogP contribution in [0.1, 0.15) is 92.5 Å². The summed E-state index contributed by atoms with van der Waals surface area (Å²) in [4.78, 5) is 13.7. The van der Waals surface area contributed by atoms with E-state index in [1.165, 1.54) is 25.0 Å². The van der Waals surface area contributed by atoms with Crippen LogP contribution < -0.4 is 5.32 Å². The standard InChI is InChI=1S/C27H33Cl2N3O/c1-25-10-18-11-26(2,14-25)16-27(12-18,15-25)30-24(33)23-19-5-3-4-6-22(19)32(31-23)13-17-7-8-20(28)21(29)9-17/h7-9,18H,3-6,10-16H2,1-2H3,(H,30,33). The average Bonchev–Trinajstić information content (AvgIpc) is 3.06. The maximum Gasteiger partial charge on any atom is 0.272 e. The van der Waals surface area contributed by atoms with Crippen molar-refractivity contribution in [1.29, 1.82) is 0 Å². The van der Waals surface area contributed by atoms with E-state index in [4.69, 9.17) is 28.3 Å². The van der Waals surface area contributed by atoms with Crippen LogP contribution in [-0.4, -0.2) is 21.2 Å². The smallest absolute Gasteiger partial charge is 0.272 e. The molecule has 2 unspecified atom stereocenters. The Morgan fingerprint density at radius 3 is 2.48 bits per heavy atom. The summed E-state index contributed by atoms with van der Waals surface area (Å²) >= 11 is 12.4. The van der Waals surface area contributed by atoms with Crippen molar-refractivity contribution in [1.82, 2.24) is 15.1 Å². The average molecular weight is 486 g/mol. The van der Waals surface area contributed by atoms with Crippen LogP contribution in [0.5, 0.6) is 0 Å². The summed E-state index contributed by atoms with van der Waals surface area (Å²) in [6, 6.07) is 5.72. The highest BCUT2D eigenvalue weighted by molar-refractivity contribution is 6.42.